The summed E-state index contributed by atoms with van der Waals surface area (Å²) in [4.78, 5) is 9.58. The number of hydroxylamine groups is 6. The standard InChI is InChI=1S/C8H21N2O3/c1-5-7-8-10(4,11)13-9(3)12-6-2/h11H,5-8H2,1-4H3/q+1. The number of hydrogen-bond acceptors (Lipinski definition) is 4. The number of rotatable bonds is 7. The van der Waals surface area contributed by atoms with Gasteiger partial charge in [-0.1, -0.05) is 13.3 Å². The third-order valence-electron chi connectivity index (χ3n) is 1.53. The highest BCUT2D eigenvalue weighted by atomic mass is 17.1. The summed E-state index contributed by atoms with van der Waals surface area (Å²) in [7, 11) is 3.19. The summed E-state index contributed by atoms with van der Waals surface area (Å²) in [5, 5.41) is 10.8. The third kappa shape index (κ3) is 6.92. The Bertz CT molecular complexity index is 131. The minimum Gasteiger partial charge on any atom is -0.270 e. The van der Waals surface area contributed by atoms with E-state index < -0.39 is 4.81 Å². The summed E-state index contributed by atoms with van der Waals surface area (Å²) < 4.78 is 0. The van der Waals surface area contributed by atoms with Crippen LogP contribution in [0.25, 0.3) is 0 Å². The lowest BCUT2D eigenvalue weighted by Crippen LogP contribution is -2.46. The SMILES string of the molecule is CCCC[N+](C)(O)ON(C)OCC. The molecule has 1 N–H and O–H groups in total. The van der Waals surface area contributed by atoms with E-state index in [0.717, 1.165) is 12.8 Å². The molecular weight excluding hydrogens is 172 g/mol. The summed E-state index contributed by atoms with van der Waals surface area (Å²) >= 11 is 0. The topological polar surface area (TPSA) is 41.9 Å². The number of nitrogens with zero attached hydrogens (tertiary/aromatic N) is 2. The molecular formula is C8H21N2O3+. The molecule has 0 aliphatic rings. The molecule has 0 heterocycles. The zero-order chi connectivity index (χ0) is 10.3. The molecule has 0 rings (SSSR count). The molecule has 0 aliphatic heterocycles. The summed E-state index contributed by atoms with van der Waals surface area (Å²) in [6.45, 7) is 4.98. The fraction of sp³-hybridized carbons (Fsp3) is 1.00. The average molecular weight is 193 g/mol. The largest absolute Gasteiger partial charge is 0.270 e. The molecule has 0 aromatic rings. The van der Waals surface area contributed by atoms with E-state index in [1.165, 1.54) is 5.23 Å². The van der Waals surface area contributed by atoms with Gasteiger partial charge < -0.3 is 0 Å². The molecule has 0 aromatic heterocycles. The van der Waals surface area contributed by atoms with Crippen LogP contribution in [0.5, 0.6) is 0 Å². The predicted molar refractivity (Wildman–Crippen MR) is 48.2 cm³/mol. The second-order valence-electron chi connectivity index (χ2n) is 3.07. The van der Waals surface area contributed by atoms with Gasteiger partial charge in [0, 0.05) is 13.5 Å². The third-order valence-corrected chi connectivity index (χ3v) is 1.53. The van der Waals surface area contributed by atoms with Gasteiger partial charge in [0.2, 0.25) is 0 Å². The van der Waals surface area contributed by atoms with Crippen LogP contribution in [0.3, 0.4) is 0 Å². The number of unbranched alkanes of at least 4 members (excludes halogenated alkanes) is 1. The molecule has 0 aliphatic carbocycles. The maximum atomic E-state index is 9.64. The Morgan fingerprint density at radius 3 is 2.46 bits per heavy atom. The van der Waals surface area contributed by atoms with Gasteiger partial charge in [-0.2, -0.15) is 5.21 Å². The average Bonchev–Trinajstić information content (AvgIpc) is 2.00. The molecule has 0 saturated heterocycles. The van der Waals surface area contributed by atoms with Crippen LogP contribution in [0.15, 0.2) is 0 Å². The van der Waals surface area contributed by atoms with Crippen LogP contribution in [0.4, 0.5) is 0 Å². The maximum absolute atomic E-state index is 9.64. The van der Waals surface area contributed by atoms with Gasteiger partial charge in [0.25, 0.3) is 0 Å². The van der Waals surface area contributed by atoms with Crippen LogP contribution in [-0.4, -0.2) is 42.5 Å². The van der Waals surface area contributed by atoms with Gasteiger partial charge in [-0.3, -0.25) is 4.84 Å². The quantitative estimate of drug-likeness (QED) is 0.489. The molecule has 5 heteroatoms. The first-order valence-corrected chi connectivity index (χ1v) is 4.66. The summed E-state index contributed by atoms with van der Waals surface area (Å²) in [5.74, 6) is 0. The molecule has 13 heavy (non-hydrogen) atoms. The van der Waals surface area contributed by atoms with Gasteiger partial charge in [0.05, 0.1) is 6.61 Å². The van der Waals surface area contributed by atoms with Crippen LogP contribution >= 0.6 is 0 Å². The molecule has 0 radical (unpaired) electrons. The smallest absolute Gasteiger partial charge is 0.144 e. The first-order valence-electron chi connectivity index (χ1n) is 4.66. The highest BCUT2D eigenvalue weighted by molar-refractivity contribution is 4.25. The Hall–Kier alpha value is -0.200. The molecule has 0 bridgehead atoms. The zero-order valence-electron chi connectivity index (χ0n) is 8.99. The van der Waals surface area contributed by atoms with Gasteiger partial charge in [-0.05, 0) is 21.9 Å². The molecule has 0 amide bonds. The molecule has 0 saturated carbocycles. The Morgan fingerprint density at radius 1 is 1.38 bits per heavy atom. The lowest BCUT2D eigenvalue weighted by atomic mass is 10.3. The highest BCUT2D eigenvalue weighted by Crippen LogP contribution is 2.04. The van der Waals surface area contributed by atoms with Gasteiger partial charge in [0.15, 0.2) is 0 Å². The van der Waals surface area contributed by atoms with Crippen molar-refractivity contribution in [3.05, 3.63) is 0 Å². The molecule has 80 valence electrons. The number of hydrogen-bond donors (Lipinski definition) is 1. The van der Waals surface area contributed by atoms with Crippen LogP contribution in [0.1, 0.15) is 26.7 Å². The van der Waals surface area contributed by atoms with E-state index in [0.29, 0.717) is 13.2 Å². The first kappa shape index (κ1) is 12.8. The van der Waals surface area contributed by atoms with E-state index in [-0.39, 0.29) is 0 Å². The Morgan fingerprint density at radius 2 is 2.00 bits per heavy atom. The van der Waals surface area contributed by atoms with Crippen molar-refractivity contribution in [2.24, 2.45) is 0 Å². The zero-order valence-corrected chi connectivity index (χ0v) is 8.99. The maximum Gasteiger partial charge on any atom is 0.144 e. The highest BCUT2D eigenvalue weighted by Gasteiger charge is 2.23. The van der Waals surface area contributed by atoms with E-state index in [1.54, 1.807) is 14.1 Å². The molecule has 5 nitrogen and oxygen atoms in total. The van der Waals surface area contributed by atoms with Crippen molar-refractivity contribution in [1.82, 2.24) is 5.23 Å². The van der Waals surface area contributed by atoms with Gasteiger partial charge >= 0.3 is 0 Å². The predicted octanol–water partition coefficient (Wildman–Crippen LogP) is 1.35. The second-order valence-corrected chi connectivity index (χ2v) is 3.07. The van der Waals surface area contributed by atoms with Gasteiger partial charge in [0.1, 0.15) is 13.6 Å². The molecule has 0 fully saturated rings. The number of quaternary nitrogens is 1. The van der Waals surface area contributed by atoms with Crippen molar-refractivity contribution >= 4 is 0 Å². The Kier molecular flexibility index (Phi) is 6.19. The van der Waals surface area contributed by atoms with E-state index in [4.69, 9.17) is 9.78 Å². The van der Waals surface area contributed by atoms with Crippen LogP contribution in [0, 0.1) is 0 Å². The molecule has 1 atom stereocenters. The summed E-state index contributed by atoms with van der Waals surface area (Å²) in [5.41, 5.74) is 0. The van der Waals surface area contributed by atoms with Gasteiger partial charge in [-0.25, -0.2) is 0 Å². The van der Waals surface area contributed by atoms with Crippen molar-refractivity contribution in [2.45, 2.75) is 26.7 Å². The van der Waals surface area contributed by atoms with Crippen LogP contribution < -0.4 is 0 Å². The normalized spacial score (nSPS) is 16.2. The van der Waals surface area contributed by atoms with E-state index >= 15 is 0 Å². The van der Waals surface area contributed by atoms with Crippen LogP contribution in [0.2, 0.25) is 0 Å². The van der Waals surface area contributed by atoms with Crippen molar-refractivity contribution in [1.29, 1.82) is 0 Å². The minimum atomic E-state index is -0.496. The van der Waals surface area contributed by atoms with Crippen molar-refractivity contribution in [3.63, 3.8) is 0 Å². The van der Waals surface area contributed by atoms with Crippen molar-refractivity contribution < 1.29 is 19.8 Å². The Balaban J connectivity index is 3.71. The summed E-state index contributed by atoms with van der Waals surface area (Å²) in [6.07, 6.45) is 1.93. The minimum absolute atomic E-state index is 0.496. The van der Waals surface area contributed by atoms with Crippen LogP contribution in [-0.2, 0) is 9.78 Å². The van der Waals surface area contributed by atoms with Crippen molar-refractivity contribution in [2.75, 3.05) is 27.2 Å². The molecule has 0 aromatic carbocycles. The fourth-order valence-electron chi connectivity index (χ4n) is 0.945. The van der Waals surface area contributed by atoms with Gasteiger partial charge in [-0.15, -0.1) is 0 Å². The van der Waals surface area contributed by atoms with E-state index in [2.05, 4.69) is 6.92 Å². The monoisotopic (exact) mass is 193 g/mol. The second kappa shape index (κ2) is 6.28. The van der Waals surface area contributed by atoms with E-state index in [9.17, 15) is 5.21 Å². The van der Waals surface area contributed by atoms with E-state index in [1.807, 2.05) is 6.92 Å². The lowest BCUT2D eigenvalue weighted by molar-refractivity contribution is -1.26. The lowest BCUT2D eigenvalue weighted by Gasteiger charge is -2.25. The molecule has 0 spiro atoms. The molecule has 1 unspecified atom stereocenters. The summed E-state index contributed by atoms with van der Waals surface area (Å²) in [6, 6.07) is 0. The first-order chi connectivity index (χ1) is 6.02. The fourth-order valence-corrected chi connectivity index (χ4v) is 0.945. The Labute approximate surface area is 79.9 Å². The van der Waals surface area contributed by atoms with Crippen molar-refractivity contribution in [3.8, 4) is 0 Å².